The van der Waals surface area contributed by atoms with Gasteiger partial charge in [-0.15, -0.1) is 0 Å². The van der Waals surface area contributed by atoms with Gasteiger partial charge in [-0.05, 0) is 26.3 Å². The van der Waals surface area contributed by atoms with Crippen molar-refractivity contribution in [1.29, 1.82) is 0 Å². The van der Waals surface area contributed by atoms with Gasteiger partial charge in [-0.3, -0.25) is 15.0 Å². The summed E-state index contributed by atoms with van der Waals surface area (Å²) >= 11 is 0. The summed E-state index contributed by atoms with van der Waals surface area (Å²) in [5.74, 6) is -1.29. The van der Waals surface area contributed by atoms with Crippen LogP contribution >= 0.6 is 0 Å². The number of hydrogen-bond donors (Lipinski definition) is 1. The predicted octanol–water partition coefficient (Wildman–Crippen LogP) is 2.39. The van der Waals surface area contributed by atoms with Crippen LogP contribution in [0.3, 0.4) is 0 Å². The predicted molar refractivity (Wildman–Crippen MR) is 83.3 cm³/mol. The second-order valence-corrected chi connectivity index (χ2v) is 5.97. The maximum atomic E-state index is 12.1. The summed E-state index contributed by atoms with van der Waals surface area (Å²) in [4.78, 5) is 38.6. The Labute approximate surface area is 138 Å². The van der Waals surface area contributed by atoms with Gasteiger partial charge in [0.05, 0.1) is 12.0 Å². The summed E-state index contributed by atoms with van der Waals surface area (Å²) in [6.07, 6.45) is -1.03. The van der Waals surface area contributed by atoms with Crippen LogP contribution in [0.4, 0.5) is 10.5 Å². The van der Waals surface area contributed by atoms with Crippen molar-refractivity contribution in [3.8, 4) is 0 Å². The van der Waals surface area contributed by atoms with Gasteiger partial charge in [0.1, 0.15) is 5.60 Å². The number of nitrogens with zero attached hydrogens (tertiary/aromatic N) is 2. The maximum absolute atomic E-state index is 12.1. The molecule has 0 saturated carbocycles. The molecule has 24 heavy (non-hydrogen) atoms. The minimum absolute atomic E-state index is 0.0968. The molecular formula is C15H20N2O7. The fourth-order valence-electron chi connectivity index (χ4n) is 1.88. The van der Waals surface area contributed by atoms with Crippen molar-refractivity contribution >= 4 is 17.7 Å². The van der Waals surface area contributed by atoms with Crippen LogP contribution in [0.5, 0.6) is 0 Å². The number of rotatable bonds is 6. The van der Waals surface area contributed by atoms with E-state index in [1.165, 1.54) is 24.3 Å². The van der Waals surface area contributed by atoms with Gasteiger partial charge in [0.25, 0.3) is 5.69 Å². The Hall–Kier alpha value is -2.68. The van der Waals surface area contributed by atoms with Crippen LogP contribution in [0.1, 0.15) is 26.3 Å². The molecule has 0 aliphatic carbocycles. The fraction of sp³-hybridized carbons (Fsp3) is 0.467. The van der Waals surface area contributed by atoms with E-state index in [1.807, 2.05) is 0 Å². The van der Waals surface area contributed by atoms with Crippen LogP contribution in [0.15, 0.2) is 24.3 Å². The van der Waals surface area contributed by atoms with Crippen molar-refractivity contribution in [2.45, 2.75) is 38.8 Å². The van der Waals surface area contributed by atoms with E-state index in [1.54, 1.807) is 20.8 Å². The molecule has 132 valence electrons. The van der Waals surface area contributed by atoms with Gasteiger partial charge >= 0.3 is 12.1 Å². The van der Waals surface area contributed by atoms with E-state index in [0.717, 1.165) is 7.11 Å². The van der Waals surface area contributed by atoms with Crippen molar-refractivity contribution in [1.82, 2.24) is 5.06 Å². The normalized spacial score (nSPS) is 12.3. The van der Waals surface area contributed by atoms with E-state index in [4.69, 9.17) is 9.57 Å². The Morgan fingerprint density at radius 3 is 2.21 bits per heavy atom. The summed E-state index contributed by atoms with van der Waals surface area (Å²) in [6, 6.07) is 4.04. The lowest BCUT2D eigenvalue weighted by atomic mass is 10.1. The monoisotopic (exact) mass is 340 g/mol. The Morgan fingerprint density at radius 2 is 1.83 bits per heavy atom. The number of hydroxylamine groups is 2. The summed E-state index contributed by atoms with van der Waals surface area (Å²) in [5.41, 5.74) is -0.426. The number of amides is 1. The number of carboxylic acid groups (broad SMARTS) is 1. The second kappa shape index (κ2) is 7.73. The van der Waals surface area contributed by atoms with E-state index in [2.05, 4.69) is 0 Å². The molecule has 0 unspecified atom stereocenters. The summed E-state index contributed by atoms with van der Waals surface area (Å²) in [6.45, 7) is 4.93. The van der Waals surface area contributed by atoms with Crippen LogP contribution in [0, 0.1) is 10.1 Å². The largest absolute Gasteiger partial charge is 0.480 e. The molecule has 0 fully saturated rings. The minimum Gasteiger partial charge on any atom is -0.480 e. The van der Waals surface area contributed by atoms with Gasteiger partial charge in [0.2, 0.25) is 0 Å². The van der Waals surface area contributed by atoms with Crippen LogP contribution in [-0.4, -0.2) is 45.9 Å². The van der Waals surface area contributed by atoms with Crippen molar-refractivity contribution < 1.29 is 29.2 Å². The first-order valence-corrected chi connectivity index (χ1v) is 7.07. The van der Waals surface area contributed by atoms with Crippen molar-refractivity contribution in [2.75, 3.05) is 7.11 Å². The van der Waals surface area contributed by atoms with Crippen molar-refractivity contribution in [3.63, 3.8) is 0 Å². The van der Waals surface area contributed by atoms with Crippen LogP contribution in [0.2, 0.25) is 0 Å². The summed E-state index contributed by atoms with van der Waals surface area (Å²) in [7, 11) is 1.16. The number of carbonyl (C=O) groups is 2. The molecule has 0 aromatic heterocycles. The van der Waals surface area contributed by atoms with Crippen LogP contribution < -0.4 is 0 Å². The number of nitro groups is 1. The molecule has 9 nitrogen and oxygen atoms in total. The zero-order valence-corrected chi connectivity index (χ0v) is 13.9. The number of non-ortho nitro benzene ring substituents is 1. The zero-order chi connectivity index (χ0) is 18.5. The average molecular weight is 340 g/mol. The van der Waals surface area contributed by atoms with Crippen molar-refractivity contribution in [2.24, 2.45) is 0 Å². The number of hydrogen-bond acceptors (Lipinski definition) is 6. The SMILES string of the molecule is CON(C(=O)OC(C)(C)C)[C@@H](Cc1ccc([N+](=O)[O-])cc1)C(=O)O. The molecule has 9 heteroatoms. The molecule has 0 bridgehead atoms. The van der Waals surface area contributed by atoms with Gasteiger partial charge in [0, 0.05) is 18.6 Å². The number of nitro benzene ring substituents is 1. The third-order valence-electron chi connectivity index (χ3n) is 2.91. The Morgan fingerprint density at radius 1 is 1.29 bits per heavy atom. The Kier molecular flexibility index (Phi) is 6.24. The first-order chi connectivity index (χ1) is 11.0. The first-order valence-electron chi connectivity index (χ1n) is 7.07. The Balaban J connectivity index is 2.97. The van der Waals surface area contributed by atoms with Gasteiger partial charge in [0.15, 0.2) is 6.04 Å². The molecule has 1 atom stereocenters. The second-order valence-electron chi connectivity index (χ2n) is 5.97. The number of benzene rings is 1. The number of carboxylic acids is 1. The quantitative estimate of drug-likeness (QED) is 0.623. The molecule has 0 heterocycles. The number of carbonyl (C=O) groups excluding carboxylic acids is 1. The molecule has 0 aliphatic rings. The highest BCUT2D eigenvalue weighted by Gasteiger charge is 2.34. The zero-order valence-electron chi connectivity index (χ0n) is 13.9. The summed E-state index contributed by atoms with van der Waals surface area (Å²) in [5, 5.41) is 20.7. The highest BCUT2D eigenvalue weighted by Crippen LogP contribution is 2.17. The van der Waals surface area contributed by atoms with E-state index in [9.17, 15) is 24.8 Å². The summed E-state index contributed by atoms with van der Waals surface area (Å²) < 4.78 is 5.12. The third-order valence-corrected chi connectivity index (χ3v) is 2.91. The molecule has 0 spiro atoms. The molecule has 0 aliphatic heterocycles. The average Bonchev–Trinajstić information content (AvgIpc) is 2.45. The molecule has 0 saturated heterocycles. The molecular weight excluding hydrogens is 320 g/mol. The van der Waals surface area contributed by atoms with E-state index < -0.39 is 28.6 Å². The number of aliphatic carboxylic acids is 1. The standard InChI is InChI=1S/C15H20N2O7/c1-15(2,3)24-14(20)16(23-4)12(13(18)19)9-10-5-7-11(8-6-10)17(21)22/h5-8,12H,9H2,1-4H3,(H,18,19)/t12-/m0/s1. The maximum Gasteiger partial charge on any atom is 0.435 e. The molecule has 1 rings (SSSR count). The van der Waals surface area contributed by atoms with Gasteiger partial charge in [-0.25, -0.2) is 9.59 Å². The first kappa shape index (κ1) is 19.4. The number of ether oxygens (including phenoxy) is 1. The van der Waals surface area contributed by atoms with Crippen LogP contribution in [-0.2, 0) is 20.8 Å². The highest BCUT2D eigenvalue weighted by molar-refractivity contribution is 5.79. The molecule has 1 amide bonds. The lowest BCUT2D eigenvalue weighted by Gasteiger charge is -2.29. The van der Waals surface area contributed by atoms with E-state index >= 15 is 0 Å². The molecule has 0 radical (unpaired) electrons. The van der Waals surface area contributed by atoms with Gasteiger partial charge in [-0.2, -0.15) is 5.06 Å². The van der Waals surface area contributed by atoms with Gasteiger partial charge < -0.3 is 9.84 Å². The highest BCUT2D eigenvalue weighted by atomic mass is 16.7. The van der Waals surface area contributed by atoms with E-state index in [0.29, 0.717) is 10.6 Å². The van der Waals surface area contributed by atoms with E-state index in [-0.39, 0.29) is 12.1 Å². The third kappa shape index (κ3) is 5.51. The Bertz CT molecular complexity index is 607. The minimum atomic E-state index is -1.34. The van der Waals surface area contributed by atoms with Crippen LogP contribution in [0.25, 0.3) is 0 Å². The smallest absolute Gasteiger partial charge is 0.435 e. The van der Waals surface area contributed by atoms with Crippen molar-refractivity contribution in [3.05, 3.63) is 39.9 Å². The topological polar surface area (TPSA) is 119 Å². The molecule has 1 aromatic rings. The molecule has 1 N–H and O–H groups in total. The lowest BCUT2D eigenvalue weighted by Crippen LogP contribution is -2.47. The fourth-order valence-corrected chi connectivity index (χ4v) is 1.88. The van der Waals surface area contributed by atoms with Gasteiger partial charge in [-0.1, -0.05) is 12.1 Å². The lowest BCUT2D eigenvalue weighted by molar-refractivity contribution is -0.384. The molecule has 1 aromatic carbocycles.